The van der Waals surface area contributed by atoms with Crippen molar-refractivity contribution in [2.75, 3.05) is 0 Å². The molecule has 0 aliphatic rings. The molecule has 0 bridgehead atoms. The van der Waals surface area contributed by atoms with E-state index >= 15 is 0 Å². The third-order valence-electron chi connectivity index (χ3n) is 1.80. The molecule has 1 N–H and O–H groups in total. The van der Waals surface area contributed by atoms with Gasteiger partial charge < -0.3 is 9.84 Å². The van der Waals surface area contributed by atoms with Crippen molar-refractivity contribution in [2.24, 2.45) is 7.05 Å². The van der Waals surface area contributed by atoms with E-state index in [9.17, 15) is 4.79 Å². The van der Waals surface area contributed by atoms with E-state index in [1.54, 1.807) is 7.05 Å². The Balaban J connectivity index is 2.28. The molecule has 0 aromatic carbocycles. The molecule has 8 heteroatoms. The zero-order valence-corrected chi connectivity index (χ0v) is 9.42. The first-order valence-electron chi connectivity index (χ1n) is 4.49. The maximum absolute atomic E-state index is 10.8. The molecule has 0 atom stereocenters. The first kappa shape index (κ1) is 11.3. The molecule has 2 aromatic heterocycles. The van der Waals surface area contributed by atoms with Crippen molar-refractivity contribution in [1.82, 2.24) is 19.7 Å². The Bertz CT molecular complexity index is 569. The molecule has 0 fully saturated rings. The van der Waals surface area contributed by atoms with Gasteiger partial charge in [0.05, 0.1) is 5.02 Å². The first-order valence-corrected chi connectivity index (χ1v) is 4.87. The number of aromatic carboxylic acids is 1. The highest BCUT2D eigenvalue weighted by Crippen LogP contribution is 2.20. The van der Waals surface area contributed by atoms with Gasteiger partial charge in [-0.05, 0) is 6.07 Å². The Morgan fingerprint density at radius 2 is 2.29 bits per heavy atom. The SMILES string of the molecule is Cn1cnc(Oc2ccc(Cl)c(C(=O)O)n2)n1. The van der Waals surface area contributed by atoms with Crippen molar-refractivity contribution in [3.05, 3.63) is 29.2 Å². The first-order chi connectivity index (χ1) is 8.06. The highest BCUT2D eigenvalue weighted by molar-refractivity contribution is 6.33. The summed E-state index contributed by atoms with van der Waals surface area (Å²) in [4.78, 5) is 18.3. The number of hydrogen-bond donors (Lipinski definition) is 1. The summed E-state index contributed by atoms with van der Waals surface area (Å²) < 4.78 is 6.62. The summed E-state index contributed by atoms with van der Waals surface area (Å²) in [6.45, 7) is 0. The van der Waals surface area contributed by atoms with Crippen molar-refractivity contribution >= 4 is 17.6 Å². The lowest BCUT2D eigenvalue weighted by Crippen LogP contribution is -2.02. The van der Waals surface area contributed by atoms with E-state index in [0.717, 1.165) is 0 Å². The molecule has 2 rings (SSSR count). The van der Waals surface area contributed by atoms with Crippen molar-refractivity contribution in [1.29, 1.82) is 0 Å². The van der Waals surface area contributed by atoms with Crippen LogP contribution in [0.3, 0.4) is 0 Å². The van der Waals surface area contributed by atoms with E-state index in [0.29, 0.717) is 0 Å². The molecule has 2 aromatic rings. The van der Waals surface area contributed by atoms with Gasteiger partial charge >= 0.3 is 12.0 Å². The molecule has 0 aliphatic heterocycles. The third-order valence-corrected chi connectivity index (χ3v) is 2.10. The second kappa shape index (κ2) is 4.38. The topological polar surface area (TPSA) is 90.1 Å². The Morgan fingerprint density at radius 1 is 1.53 bits per heavy atom. The fourth-order valence-electron chi connectivity index (χ4n) is 1.09. The van der Waals surface area contributed by atoms with E-state index in [1.807, 2.05) is 0 Å². The summed E-state index contributed by atoms with van der Waals surface area (Å²) in [7, 11) is 1.68. The van der Waals surface area contributed by atoms with Gasteiger partial charge in [-0.15, -0.1) is 5.10 Å². The lowest BCUT2D eigenvalue weighted by atomic mass is 10.3. The van der Waals surface area contributed by atoms with Crippen LogP contribution in [-0.4, -0.2) is 30.8 Å². The predicted molar refractivity (Wildman–Crippen MR) is 57.3 cm³/mol. The van der Waals surface area contributed by atoms with Gasteiger partial charge in [0.25, 0.3) is 0 Å². The molecule has 0 radical (unpaired) electrons. The summed E-state index contributed by atoms with van der Waals surface area (Å²) in [6.07, 6.45) is 1.45. The fraction of sp³-hybridized carbons (Fsp3) is 0.111. The Hall–Kier alpha value is -2.15. The number of halogens is 1. The van der Waals surface area contributed by atoms with Crippen molar-refractivity contribution in [3.8, 4) is 11.9 Å². The summed E-state index contributed by atoms with van der Waals surface area (Å²) >= 11 is 5.66. The van der Waals surface area contributed by atoms with E-state index in [1.165, 1.54) is 23.1 Å². The molecule has 0 aliphatic carbocycles. The lowest BCUT2D eigenvalue weighted by Gasteiger charge is -2.02. The Kier molecular flexibility index (Phi) is 2.92. The van der Waals surface area contributed by atoms with Crippen LogP contribution in [0.4, 0.5) is 0 Å². The number of nitrogens with zero attached hydrogens (tertiary/aromatic N) is 4. The maximum atomic E-state index is 10.8. The van der Waals surface area contributed by atoms with E-state index in [4.69, 9.17) is 21.4 Å². The quantitative estimate of drug-likeness (QED) is 0.889. The smallest absolute Gasteiger partial charge is 0.356 e. The van der Waals surface area contributed by atoms with Crippen LogP contribution in [0.5, 0.6) is 11.9 Å². The molecule has 0 spiro atoms. The van der Waals surface area contributed by atoms with E-state index < -0.39 is 5.97 Å². The van der Waals surface area contributed by atoms with Gasteiger partial charge in [0.1, 0.15) is 6.33 Å². The molecule has 17 heavy (non-hydrogen) atoms. The van der Waals surface area contributed by atoms with Gasteiger partial charge in [0, 0.05) is 13.1 Å². The number of aryl methyl sites for hydroxylation is 1. The average molecular weight is 255 g/mol. The standard InChI is InChI=1S/C9H7ClN4O3/c1-14-4-11-9(13-14)17-6-3-2-5(10)7(12-6)8(15)16/h2-4H,1H3,(H,15,16). The van der Waals surface area contributed by atoms with Gasteiger partial charge in [-0.1, -0.05) is 11.6 Å². The molecule has 7 nitrogen and oxygen atoms in total. The van der Waals surface area contributed by atoms with Gasteiger partial charge in [0.15, 0.2) is 5.69 Å². The Morgan fingerprint density at radius 3 is 2.88 bits per heavy atom. The van der Waals surface area contributed by atoms with Crippen molar-refractivity contribution < 1.29 is 14.6 Å². The number of rotatable bonds is 3. The van der Waals surface area contributed by atoms with E-state index in [-0.39, 0.29) is 22.6 Å². The van der Waals surface area contributed by atoms with E-state index in [2.05, 4.69) is 15.1 Å². The van der Waals surface area contributed by atoms with Crippen LogP contribution in [-0.2, 0) is 7.05 Å². The van der Waals surface area contributed by atoms with Gasteiger partial charge in [0.2, 0.25) is 5.88 Å². The predicted octanol–water partition coefficient (Wildman–Crippen LogP) is 1.35. The van der Waals surface area contributed by atoms with Crippen LogP contribution in [0.15, 0.2) is 18.5 Å². The maximum Gasteiger partial charge on any atom is 0.356 e. The van der Waals surface area contributed by atoms with Crippen LogP contribution in [0.2, 0.25) is 5.02 Å². The fourth-order valence-corrected chi connectivity index (χ4v) is 1.28. The minimum absolute atomic E-state index is 0.0406. The summed E-state index contributed by atoms with van der Waals surface area (Å²) in [5.74, 6) is -1.16. The number of ether oxygens (including phenoxy) is 1. The van der Waals surface area contributed by atoms with Crippen molar-refractivity contribution in [3.63, 3.8) is 0 Å². The third kappa shape index (κ3) is 2.51. The molecular weight excluding hydrogens is 248 g/mol. The molecule has 0 saturated heterocycles. The molecule has 0 amide bonds. The van der Waals surface area contributed by atoms with Gasteiger partial charge in [-0.25, -0.2) is 9.78 Å². The van der Waals surface area contributed by atoms with Crippen LogP contribution < -0.4 is 4.74 Å². The number of hydrogen-bond acceptors (Lipinski definition) is 5. The zero-order chi connectivity index (χ0) is 12.4. The van der Waals surface area contributed by atoms with Crippen LogP contribution >= 0.6 is 11.6 Å². The van der Waals surface area contributed by atoms with Gasteiger partial charge in [-0.3, -0.25) is 4.68 Å². The number of carbonyl (C=O) groups is 1. The minimum Gasteiger partial charge on any atom is -0.476 e. The number of pyridine rings is 1. The molecule has 88 valence electrons. The monoisotopic (exact) mass is 254 g/mol. The largest absolute Gasteiger partial charge is 0.476 e. The zero-order valence-electron chi connectivity index (χ0n) is 8.66. The molecule has 2 heterocycles. The number of carboxylic acids is 1. The molecule has 0 saturated carbocycles. The Labute approximate surface area is 101 Å². The highest BCUT2D eigenvalue weighted by atomic mass is 35.5. The number of aromatic nitrogens is 4. The van der Waals surface area contributed by atoms with Crippen LogP contribution in [0.1, 0.15) is 10.5 Å². The molecule has 0 unspecified atom stereocenters. The van der Waals surface area contributed by atoms with Crippen LogP contribution in [0, 0.1) is 0 Å². The normalized spacial score (nSPS) is 10.2. The second-order valence-corrected chi connectivity index (χ2v) is 3.50. The highest BCUT2D eigenvalue weighted by Gasteiger charge is 2.13. The number of carboxylic acid groups (broad SMARTS) is 1. The summed E-state index contributed by atoms with van der Waals surface area (Å²) in [6, 6.07) is 2.90. The second-order valence-electron chi connectivity index (χ2n) is 3.09. The average Bonchev–Trinajstić information content (AvgIpc) is 2.66. The van der Waals surface area contributed by atoms with Crippen LogP contribution in [0.25, 0.3) is 0 Å². The summed E-state index contributed by atoms with van der Waals surface area (Å²) in [5.41, 5.74) is -0.278. The molecular formula is C9H7ClN4O3. The van der Waals surface area contributed by atoms with Crippen molar-refractivity contribution in [2.45, 2.75) is 0 Å². The summed E-state index contributed by atoms with van der Waals surface area (Å²) in [5, 5.41) is 12.7. The van der Waals surface area contributed by atoms with Gasteiger partial charge in [-0.2, -0.15) is 4.98 Å². The minimum atomic E-state index is -1.23. The lowest BCUT2D eigenvalue weighted by molar-refractivity contribution is 0.0689.